The molecule has 4 heterocycles. The summed E-state index contributed by atoms with van der Waals surface area (Å²) in [5, 5.41) is 6.39. The zero-order chi connectivity index (χ0) is 37.5. The molecule has 0 N–H and O–H groups in total. The fourth-order valence-electron chi connectivity index (χ4n) is 8.81. The zero-order valence-corrected chi connectivity index (χ0v) is 30.7. The molecule has 0 atom stereocenters. The Labute approximate surface area is 326 Å². The molecule has 0 amide bonds. The van der Waals surface area contributed by atoms with Crippen molar-refractivity contribution in [3.63, 3.8) is 0 Å². The molecule has 0 unspecified atom stereocenters. The Balaban J connectivity index is 1.20. The summed E-state index contributed by atoms with van der Waals surface area (Å²) < 4.78 is 15.5. The van der Waals surface area contributed by atoms with E-state index in [1.54, 1.807) is 0 Å². The van der Waals surface area contributed by atoms with E-state index >= 15 is 0 Å². The van der Waals surface area contributed by atoms with E-state index in [0.717, 1.165) is 101 Å². The molecule has 0 fully saturated rings. The van der Waals surface area contributed by atoms with Crippen LogP contribution in [0, 0.1) is 0 Å². The molecule has 1 aliphatic carbocycles. The average molecular weight is 733 g/mol. The molecule has 0 aliphatic heterocycles. The van der Waals surface area contributed by atoms with Gasteiger partial charge in [0, 0.05) is 43.6 Å². The molecule has 1 aliphatic rings. The minimum atomic E-state index is 0.576. The lowest BCUT2D eigenvalue weighted by Crippen LogP contribution is -2.06. The summed E-state index contributed by atoms with van der Waals surface area (Å²) in [4.78, 5) is 16.1. The maximum Gasteiger partial charge on any atom is 0.166 e. The van der Waals surface area contributed by atoms with Gasteiger partial charge in [-0.3, -0.25) is 0 Å². The second kappa shape index (κ2) is 12.5. The summed E-state index contributed by atoms with van der Waals surface area (Å²) in [5.74, 6) is 1.78. The highest BCUT2D eigenvalue weighted by atomic mass is 16.3. The van der Waals surface area contributed by atoms with Crippen LogP contribution >= 0.6 is 0 Å². The molecule has 0 bridgehead atoms. The van der Waals surface area contributed by atoms with Gasteiger partial charge in [0.1, 0.15) is 22.3 Å². The van der Waals surface area contributed by atoms with Gasteiger partial charge in [-0.1, -0.05) is 127 Å². The van der Waals surface area contributed by atoms with Gasteiger partial charge in [0.05, 0.1) is 22.1 Å². The van der Waals surface area contributed by atoms with Crippen molar-refractivity contribution in [1.29, 1.82) is 0 Å². The van der Waals surface area contributed by atoms with E-state index in [2.05, 4.69) is 138 Å². The number of benzene rings is 7. The van der Waals surface area contributed by atoms with E-state index in [-0.39, 0.29) is 0 Å². The number of allylic oxidation sites excluding steroid dienone is 4. The van der Waals surface area contributed by atoms with Gasteiger partial charge in [-0.15, -0.1) is 0 Å². The number of fused-ring (bicyclic) bond motifs is 9. The van der Waals surface area contributed by atoms with Crippen molar-refractivity contribution in [3.05, 3.63) is 176 Å². The standard InChI is InChI=1S/C51H32N4O2/c1-3-15-31(16-4-1)33-22-13-27-42-45(33)46-37(23-14-28-43(46)57-42)50-52-49(32-17-5-2-6-18-32)53-51(54-50)38-29-30-44-47(36-21-9-12-26-41(36)56-44)48(38)55-39-24-10-7-19-34(39)35-20-8-11-25-40(35)55/h1,3-5,7-30H,2,6H2. The van der Waals surface area contributed by atoms with Gasteiger partial charge in [0.2, 0.25) is 0 Å². The minimum Gasteiger partial charge on any atom is -0.456 e. The first-order valence-electron chi connectivity index (χ1n) is 19.3. The van der Waals surface area contributed by atoms with Crippen LogP contribution in [0.2, 0.25) is 0 Å². The molecule has 6 heteroatoms. The number of aromatic nitrogens is 4. The number of hydrogen-bond acceptors (Lipinski definition) is 5. The van der Waals surface area contributed by atoms with Gasteiger partial charge >= 0.3 is 0 Å². The monoisotopic (exact) mass is 732 g/mol. The first-order valence-corrected chi connectivity index (χ1v) is 19.3. The summed E-state index contributed by atoms with van der Waals surface area (Å²) in [5.41, 5.74) is 11.3. The highest BCUT2D eigenvalue weighted by molar-refractivity contribution is 6.18. The van der Waals surface area contributed by atoms with Crippen LogP contribution in [0.15, 0.2) is 179 Å². The third-order valence-corrected chi connectivity index (χ3v) is 11.3. The highest BCUT2D eigenvalue weighted by Crippen LogP contribution is 2.45. The summed E-state index contributed by atoms with van der Waals surface area (Å²) in [6.45, 7) is 0. The van der Waals surface area contributed by atoms with Crippen LogP contribution < -0.4 is 0 Å². The fourth-order valence-corrected chi connectivity index (χ4v) is 8.81. The SMILES string of the molecule is C1=CC(c2nc(-c3ccc4oc5ccccc5c4c3-n3c4ccccc4c4ccccc43)nc(-c3cccc4oc5cccc(-c6ccccc6)c5c34)n2)=CCC1. The Bertz CT molecular complexity index is 3420. The van der Waals surface area contributed by atoms with Crippen molar-refractivity contribution in [2.24, 2.45) is 0 Å². The molecule has 268 valence electrons. The van der Waals surface area contributed by atoms with E-state index in [1.165, 1.54) is 10.8 Å². The van der Waals surface area contributed by atoms with Crippen molar-refractivity contribution < 1.29 is 8.83 Å². The molecular formula is C51H32N4O2. The summed E-state index contributed by atoms with van der Waals surface area (Å²) in [7, 11) is 0. The van der Waals surface area contributed by atoms with Gasteiger partial charge in [-0.2, -0.15) is 0 Å². The molecule has 6 nitrogen and oxygen atoms in total. The first-order chi connectivity index (χ1) is 28.3. The van der Waals surface area contributed by atoms with Crippen LogP contribution in [-0.4, -0.2) is 19.5 Å². The van der Waals surface area contributed by atoms with E-state index in [0.29, 0.717) is 17.5 Å². The largest absolute Gasteiger partial charge is 0.456 e. The maximum absolute atomic E-state index is 6.56. The highest BCUT2D eigenvalue weighted by Gasteiger charge is 2.25. The van der Waals surface area contributed by atoms with E-state index < -0.39 is 0 Å². The molecule has 12 rings (SSSR count). The second-order valence-corrected chi connectivity index (χ2v) is 14.6. The van der Waals surface area contributed by atoms with Crippen molar-refractivity contribution in [3.8, 4) is 39.6 Å². The zero-order valence-electron chi connectivity index (χ0n) is 30.7. The molecule has 0 saturated carbocycles. The predicted molar refractivity (Wildman–Crippen MR) is 231 cm³/mol. The number of rotatable bonds is 5. The minimum absolute atomic E-state index is 0.576. The number of furan rings is 2. The Kier molecular flexibility index (Phi) is 6.95. The van der Waals surface area contributed by atoms with Crippen LogP contribution in [0.25, 0.3) is 111 Å². The van der Waals surface area contributed by atoms with Gasteiger partial charge < -0.3 is 13.4 Å². The topological polar surface area (TPSA) is 69.9 Å². The Hall–Kier alpha value is -7.57. The van der Waals surface area contributed by atoms with E-state index in [4.69, 9.17) is 23.8 Å². The van der Waals surface area contributed by atoms with Gasteiger partial charge in [-0.25, -0.2) is 15.0 Å². The molecule has 4 aromatic heterocycles. The smallest absolute Gasteiger partial charge is 0.166 e. The summed E-state index contributed by atoms with van der Waals surface area (Å²) in [6, 6.07) is 52.5. The van der Waals surface area contributed by atoms with Crippen LogP contribution in [-0.2, 0) is 0 Å². The fraction of sp³-hybridized carbons (Fsp3) is 0.0392. The Morgan fingerprint density at radius 3 is 1.74 bits per heavy atom. The Morgan fingerprint density at radius 2 is 1.00 bits per heavy atom. The first kappa shape index (κ1) is 31.7. The molecule has 0 saturated heterocycles. The normalized spacial score (nSPS) is 13.2. The van der Waals surface area contributed by atoms with E-state index in [1.807, 2.05) is 36.4 Å². The second-order valence-electron chi connectivity index (χ2n) is 14.6. The molecule has 57 heavy (non-hydrogen) atoms. The van der Waals surface area contributed by atoms with Crippen molar-refractivity contribution >= 4 is 71.3 Å². The molecule has 11 aromatic rings. The van der Waals surface area contributed by atoms with Gasteiger partial charge in [-0.05, 0) is 66.4 Å². The molecule has 0 spiro atoms. The van der Waals surface area contributed by atoms with Crippen molar-refractivity contribution in [2.75, 3.05) is 0 Å². The van der Waals surface area contributed by atoms with Crippen molar-refractivity contribution in [2.45, 2.75) is 12.8 Å². The third kappa shape index (κ3) is 4.87. The lowest BCUT2D eigenvalue weighted by molar-refractivity contribution is 0.668. The van der Waals surface area contributed by atoms with Crippen LogP contribution in [0.1, 0.15) is 18.7 Å². The third-order valence-electron chi connectivity index (χ3n) is 11.3. The van der Waals surface area contributed by atoms with Crippen LogP contribution in [0.3, 0.4) is 0 Å². The van der Waals surface area contributed by atoms with Gasteiger partial charge in [0.15, 0.2) is 17.5 Å². The number of hydrogen-bond donors (Lipinski definition) is 0. The van der Waals surface area contributed by atoms with Crippen molar-refractivity contribution in [1.82, 2.24) is 19.5 Å². The predicted octanol–water partition coefficient (Wildman–Crippen LogP) is 13.5. The molecule has 0 radical (unpaired) electrons. The van der Waals surface area contributed by atoms with E-state index in [9.17, 15) is 0 Å². The summed E-state index contributed by atoms with van der Waals surface area (Å²) in [6.07, 6.45) is 8.46. The lowest BCUT2D eigenvalue weighted by Gasteiger charge is -2.16. The number of nitrogens with zero attached hydrogens (tertiary/aromatic N) is 4. The van der Waals surface area contributed by atoms with Crippen LogP contribution in [0.5, 0.6) is 0 Å². The lowest BCUT2D eigenvalue weighted by atomic mass is 9.97. The quantitative estimate of drug-likeness (QED) is 0.176. The maximum atomic E-state index is 6.56. The number of para-hydroxylation sites is 3. The molecular weight excluding hydrogens is 701 g/mol. The van der Waals surface area contributed by atoms with Crippen LogP contribution in [0.4, 0.5) is 0 Å². The average Bonchev–Trinajstić information content (AvgIpc) is 3.96. The Morgan fingerprint density at radius 1 is 0.421 bits per heavy atom. The van der Waals surface area contributed by atoms with Gasteiger partial charge in [0.25, 0.3) is 0 Å². The summed E-state index contributed by atoms with van der Waals surface area (Å²) >= 11 is 0. The molecule has 7 aromatic carbocycles.